The van der Waals surface area contributed by atoms with E-state index in [2.05, 4.69) is 31.3 Å². The Hall–Kier alpha value is -1.07. The molecular weight excluding hydrogens is 779 g/mol. The van der Waals surface area contributed by atoms with Crippen molar-refractivity contribution in [3.63, 3.8) is 0 Å². The molecular formula is C53H103NO8. The number of aliphatic hydroxyl groups excluding tert-OH is 5. The number of aliphatic hydroxyl groups is 5. The number of ether oxygens (including phenoxy) is 2. The molecule has 0 spiro atoms. The highest BCUT2D eigenvalue weighted by Gasteiger charge is 2.44. The molecule has 1 rings (SSSR count). The van der Waals surface area contributed by atoms with Crippen molar-refractivity contribution in [1.82, 2.24) is 5.32 Å². The Morgan fingerprint density at radius 1 is 0.532 bits per heavy atom. The minimum absolute atomic E-state index is 0.135. The maximum Gasteiger partial charge on any atom is 0.220 e. The number of rotatable bonds is 46. The predicted octanol–water partition coefficient (Wildman–Crippen LogP) is 12.5. The predicted molar refractivity (Wildman–Crippen MR) is 258 cm³/mol. The summed E-state index contributed by atoms with van der Waals surface area (Å²) in [6.07, 6.45) is 45.2. The van der Waals surface area contributed by atoms with E-state index in [4.69, 9.17) is 9.47 Å². The number of nitrogens with one attached hydrogen (secondary N) is 1. The van der Waals surface area contributed by atoms with Gasteiger partial charge in [0.1, 0.15) is 24.4 Å². The molecule has 1 aliphatic heterocycles. The Labute approximate surface area is 382 Å². The third-order valence-corrected chi connectivity index (χ3v) is 13.1. The molecule has 7 atom stereocenters. The Bertz CT molecular complexity index is 981. The van der Waals surface area contributed by atoms with Gasteiger partial charge >= 0.3 is 0 Å². The Morgan fingerprint density at radius 2 is 0.903 bits per heavy atom. The number of unbranched alkanes of at least 4 members (excludes halogenated alkanes) is 34. The monoisotopic (exact) mass is 882 g/mol. The average Bonchev–Trinajstić information content (AvgIpc) is 3.27. The van der Waals surface area contributed by atoms with Crippen LogP contribution in [0.25, 0.3) is 0 Å². The van der Waals surface area contributed by atoms with Gasteiger partial charge in [-0.2, -0.15) is 0 Å². The van der Waals surface area contributed by atoms with Gasteiger partial charge in [-0.25, -0.2) is 0 Å². The number of hydrogen-bond donors (Lipinski definition) is 6. The van der Waals surface area contributed by atoms with Crippen molar-refractivity contribution < 1.29 is 39.8 Å². The van der Waals surface area contributed by atoms with Crippen molar-refractivity contribution in [2.24, 2.45) is 0 Å². The zero-order valence-corrected chi connectivity index (χ0v) is 40.6. The lowest BCUT2D eigenvalue weighted by Gasteiger charge is -2.40. The Balaban J connectivity index is 2.20. The lowest BCUT2D eigenvalue weighted by atomic mass is 9.99. The van der Waals surface area contributed by atoms with E-state index < -0.39 is 49.5 Å². The van der Waals surface area contributed by atoms with Crippen LogP contribution in [-0.4, -0.2) is 87.5 Å². The maximum atomic E-state index is 13.0. The molecule has 1 fully saturated rings. The van der Waals surface area contributed by atoms with E-state index >= 15 is 0 Å². The minimum Gasteiger partial charge on any atom is -0.394 e. The van der Waals surface area contributed by atoms with Crippen LogP contribution in [0.3, 0.4) is 0 Å². The van der Waals surface area contributed by atoms with E-state index in [0.717, 1.165) is 38.5 Å². The average molecular weight is 882 g/mol. The summed E-state index contributed by atoms with van der Waals surface area (Å²) in [4.78, 5) is 13.0. The van der Waals surface area contributed by atoms with E-state index in [1.807, 2.05) is 0 Å². The van der Waals surface area contributed by atoms with Crippen molar-refractivity contribution in [3.05, 3.63) is 12.2 Å². The molecule has 0 aromatic carbocycles. The first kappa shape index (κ1) is 58.9. The number of allylic oxidation sites excluding steroid dienone is 2. The summed E-state index contributed by atoms with van der Waals surface area (Å²) < 4.78 is 11.3. The summed E-state index contributed by atoms with van der Waals surface area (Å²) in [6.45, 7) is 3.86. The van der Waals surface area contributed by atoms with E-state index in [9.17, 15) is 30.3 Å². The quantitative estimate of drug-likeness (QED) is 0.0261. The lowest BCUT2D eigenvalue weighted by Crippen LogP contribution is -2.60. The Kier molecular flexibility index (Phi) is 41.6. The van der Waals surface area contributed by atoms with Crippen LogP contribution in [0.15, 0.2) is 12.2 Å². The van der Waals surface area contributed by atoms with Crippen molar-refractivity contribution in [3.8, 4) is 0 Å². The van der Waals surface area contributed by atoms with Gasteiger partial charge in [-0.05, 0) is 38.5 Å². The van der Waals surface area contributed by atoms with E-state index in [1.165, 1.54) is 199 Å². The third kappa shape index (κ3) is 33.4. The van der Waals surface area contributed by atoms with Crippen molar-refractivity contribution >= 4 is 5.91 Å². The smallest absolute Gasteiger partial charge is 0.220 e. The fourth-order valence-corrected chi connectivity index (χ4v) is 8.80. The molecule has 6 N–H and O–H groups in total. The number of hydrogen-bond acceptors (Lipinski definition) is 8. The molecule has 1 heterocycles. The van der Waals surface area contributed by atoms with Gasteiger partial charge in [0.25, 0.3) is 0 Å². The molecule has 62 heavy (non-hydrogen) atoms. The standard InChI is InChI=1S/C53H103NO8/c1-3-5-7-9-11-13-15-17-19-20-21-22-23-24-25-26-27-28-29-31-33-35-37-39-41-43-49(57)54-46(45-61-53-52(60)51(59)50(58)48(44-55)62-53)47(56)42-40-38-36-34-32-30-18-16-14-12-10-8-6-4-2/h24-25,46-48,50-53,55-56,58-60H,3-23,26-45H2,1-2H3,(H,54,57)/b25-24-. The fourth-order valence-electron chi connectivity index (χ4n) is 8.80. The zero-order chi connectivity index (χ0) is 45.1. The second-order valence-corrected chi connectivity index (χ2v) is 19.0. The molecule has 7 unspecified atom stereocenters. The molecule has 1 saturated heterocycles. The van der Waals surface area contributed by atoms with Crippen LogP contribution in [0.4, 0.5) is 0 Å². The highest BCUT2D eigenvalue weighted by molar-refractivity contribution is 5.76. The van der Waals surface area contributed by atoms with Crippen LogP contribution < -0.4 is 5.32 Å². The molecule has 1 aliphatic rings. The first-order chi connectivity index (χ1) is 30.3. The van der Waals surface area contributed by atoms with Gasteiger partial charge in [0.05, 0.1) is 25.4 Å². The third-order valence-electron chi connectivity index (χ3n) is 13.1. The van der Waals surface area contributed by atoms with Crippen molar-refractivity contribution in [2.45, 2.75) is 307 Å². The van der Waals surface area contributed by atoms with Crippen LogP contribution in [0.2, 0.25) is 0 Å². The highest BCUT2D eigenvalue weighted by atomic mass is 16.7. The molecule has 0 aromatic heterocycles. The number of carbonyl (C=O) groups is 1. The topological polar surface area (TPSA) is 149 Å². The second-order valence-electron chi connectivity index (χ2n) is 19.0. The SMILES string of the molecule is CCCCCCCCCCCCCC/C=C\CCCCCCCCCCCC(=O)NC(COC1OC(CO)C(O)C(O)C1O)C(O)CCCCCCCCCCCCCCCC. The number of carbonyl (C=O) groups excluding carboxylic acids is 1. The van der Waals surface area contributed by atoms with Gasteiger partial charge in [0, 0.05) is 6.42 Å². The molecule has 0 aromatic rings. The Morgan fingerprint density at radius 3 is 1.31 bits per heavy atom. The van der Waals surface area contributed by atoms with Gasteiger partial charge in [-0.1, -0.05) is 231 Å². The first-order valence-electron chi connectivity index (χ1n) is 26.9. The molecule has 0 bridgehead atoms. The van der Waals surface area contributed by atoms with Crippen LogP contribution in [0.5, 0.6) is 0 Å². The molecule has 1 amide bonds. The molecule has 0 aliphatic carbocycles. The lowest BCUT2D eigenvalue weighted by molar-refractivity contribution is -0.302. The van der Waals surface area contributed by atoms with Crippen LogP contribution in [-0.2, 0) is 14.3 Å². The second kappa shape index (κ2) is 43.8. The summed E-state index contributed by atoms with van der Waals surface area (Å²) in [5.74, 6) is -0.143. The largest absolute Gasteiger partial charge is 0.394 e. The summed E-state index contributed by atoms with van der Waals surface area (Å²) in [5, 5.41) is 54.5. The molecule has 9 nitrogen and oxygen atoms in total. The van der Waals surface area contributed by atoms with Crippen LogP contribution in [0, 0.1) is 0 Å². The highest BCUT2D eigenvalue weighted by Crippen LogP contribution is 2.23. The first-order valence-corrected chi connectivity index (χ1v) is 26.9. The normalized spacial score (nSPS) is 20.3. The van der Waals surface area contributed by atoms with Gasteiger partial charge in [-0.15, -0.1) is 0 Å². The molecule has 9 heteroatoms. The molecule has 0 saturated carbocycles. The number of amides is 1. The van der Waals surface area contributed by atoms with E-state index in [0.29, 0.717) is 12.8 Å². The molecule has 0 radical (unpaired) electrons. The van der Waals surface area contributed by atoms with Gasteiger partial charge in [0.2, 0.25) is 5.91 Å². The van der Waals surface area contributed by atoms with Gasteiger partial charge in [0.15, 0.2) is 6.29 Å². The van der Waals surface area contributed by atoms with Gasteiger partial charge < -0.3 is 40.3 Å². The van der Waals surface area contributed by atoms with Crippen LogP contribution >= 0.6 is 0 Å². The summed E-state index contributed by atoms with van der Waals surface area (Å²) in [6, 6.07) is -0.716. The maximum absolute atomic E-state index is 13.0. The summed E-state index contributed by atoms with van der Waals surface area (Å²) >= 11 is 0. The molecule has 368 valence electrons. The van der Waals surface area contributed by atoms with E-state index in [1.54, 1.807) is 0 Å². The zero-order valence-electron chi connectivity index (χ0n) is 40.6. The van der Waals surface area contributed by atoms with Gasteiger partial charge in [-0.3, -0.25) is 4.79 Å². The summed E-state index contributed by atoms with van der Waals surface area (Å²) in [5.41, 5.74) is 0. The van der Waals surface area contributed by atoms with E-state index in [-0.39, 0.29) is 12.5 Å². The minimum atomic E-state index is -1.55. The van der Waals surface area contributed by atoms with Crippen LogP contribution in [0.1, 0.15) is 264 Å². The fraction of sp³-hybridized carbons (Fsp3) is 0.943. The van der Waals surface area contributed by atoms with Crippen molar-refractivity contribution in [2.75, 3.05) is 13.2 Å². The van der Waals surface area contributed by atoms with Crippen molar-refractivity contribution in [1.29, 1.82) is 0 Å². The summed E-state index contributed by atoms with van der Waals surface area (Å²) in [7, 11) is 0.